The van der Waals surface area contributed by atoms with E-state index < -0.39 is 0 Å². The van der Waals surface area contributed by atoms with Crippen molar-refractivity contribution in [3.8, 4) is 17.2 Å². The van der Waals surface area contributed by atoms with Crippen LogP contribution in [0.3, 0.4) is 0 Å². The number of hydrogen-bond acceptors (Lipinski definition) is 4. The molecule has 0 aliphatic carbocycles. The number of rotatable bonds is 5. The van der Waals surface area contributed by atoms with Gasteiger partial charge in [-0.1, -0.05) is 18.2 Å². The molecule has 0 radical (unpaired) electrons. The molecule has 0 saturated heterocycles. The number of anilines is 1. The highest BCUT2D eigenvalue weighted by Crippen LogP contribution is 2.25. The number of aromatic nitrogens is 1. The fourth-order valence-electron chi connectivity index (χ4n) is 2.84. The molecule has 1 amide bonds. The Morgan fingerprint density at radius 2 is 1.79 bits per heavy atom. The standard InChI is InChI=1S/C23H20N2O3/c1-15-7-12-19(13-16(15)2)27-14-22(26)24-18-10-8-17(9-11-18)23-25-20-5-3-4-6-21(20)28-23/h3-13H,14H2,1-2H3,(H,24,26). The van der Waals surface area contributed by atoms with Crippen LogP contribution in [0, 0.1) is 13.8 Å². The molecule has 5 heteroatoms. The lowest BCUT2D eigenvalue weighted by atomic mass is 10.1. The third-order valence-corrected chi connectivity index (χ3v) is 4.56. The van der Waals surface area contributed by atoms with Crippen LogP contribution >= 0.6 is 0 Å². The number of amides is 1. The summed E-state index contributed by atoms with van der Waals surface area (Å²) in [4.78, 5) is 16.6. The highest BCUT2D eigenvalue weighted by molar-refractivity contribution is 5.92. The van der Waals surface area contributed by atoms with Crippen LogP contribution in [0.5, 0.6) is 5.75 Å². The van der Waals surface area contributed by atoms with Gasteiger partial charge in [-0.2, -0.15) is 0 Å². The first kappa shape index (κ1) is 17.8. The van der Waals surface area contributed by atoms with Crippen LogP contribution < -0.4 is 10.1 Å². The summed E-state index contributed by atoms with van der Waals surface area (Å²) in [6.07, 6.45) is 0. The number of nitrogens with one attached hydrogen (secondary N) is 1. The van der Waals surface area contributed by atoms with E-state index in [1.165, 1.54) is 5.56 Å². The molecule has 4 aromatic rings. The summed E-state index contributed by atoms with van der Waals surface area (Å²) in [5.74, 6) is 1.02. The molecule has 4 rings (SSSR count). The normalized spacial score (nSPS) is 10.8. The zero-order chi connectivity index (χ0) is 19.5. The van der Waals surface area contributed by atoms with E-state index >= 15 is 0 Å². The van der Waals surface area contributed by atoms with Crippen LogP contribution in [0.25, 0.3) is 22.6 Å². The van der Waals surface area contributed by atoms with Gasteiger partial charge in [-0.25, -0.2) is 4.98 Å². The Balaban J connectivity index is 1.38. The highest BCUT2D eigenvalue weighted by Gasteiger charge is 2.09. The van der Waals surface area contributed by atoms with Crippen molar-refractivity contribution in [2.24, 2.45) is 0 Å². The molecule has 0 unspecified atom stereocenters. The second-order valence-electron chi connectivity index (χ2n) is 6.65. The predicted octanol–water partition coefficient (Wildman–Crippen LogP) is 5.13. The minimum Gasteiger partial charge on any atom is -0.484 e. The number of fused-ring (bicyclic) bond motifs is 1. The number of carbonyl (C=O) groups is 1. The summed E-state index contributed by atoms with van der Waals surface area (Å²) in [7, 11) is 0. The van der Waals surface area contributed by atoms with Crippen molar-refractivity contribution >= 4 is 22.7 Å². The average molecular weight is 372 g/mol. The first-order valence-corrected chi connectivity index (χ1v) is 9.04. The smallest absolute Gasteiger partial charge is 0.262 e. The average Bonchev–Trinajstić information content (AvgIpc) is 3.14. The fraction of sp³-hybridized carbons (Fsp3) is 0.130. The molecule has 0 aliphatic heterocycles. The van der Waals surface area contributed by atoms with E-state index in [9.17, 15) is 4.79 Å². The number of carbonyl (C=O) groups excluding carboxylic acids is 1. The van der Waals surface area contributed by atoms with Crippen molar-refractivity contribution in [2.45, 2.75) is 13.8 Å². The van der Waals surface area contributed by atoms with E-state index in [1.54, 1.807) is 0 Å². The SMILES string of the molecule is Cc1ccc(OCC(=O)Nc2ccc(-c3nc4ccccc4o3)cc2)cc1C. The van der Waals surface area contributed by atoms with Gasteiger partial charge in [-0.3, -0.25) is 4.79 Å². The predicted molar refractivity (Wildman–Crippen MR) is 109 cm³/mol. The van der Waals surface area contributed by atoms with Gasteiger partial charge in [0.15, 0.2) is 12.2 Å². The van der Waals surface area contributed by atoms with Gasteiger partial charge < -0.3 is 14.5 Å². The molecule has 0 bridgehead atoms. The van der Waals surface area contributed by atoms with E-state index in [4.69, 9.17) is 9.15 Å². The first-order valence-electron chi connectivity index (χ1n) is 9.04. The maximum Gasteiger partial charge on any atom is 0.262 e. The largest absolute Gasteiger partial charge is 0.484 e. The van der Waals surface area contributed by atoms with Gasteiger partial charge in [0, 0.05) is 11.3 Å². The van der Waals surface area contributed by atoms with E-state index in [-0.39, 0.29) is 12.5 Å². The van der Waals surface area contributed by atoms with Crippen molar-refractivity contribution in [2.75, 3.05) is 11.9 Å². The van der Waals surface area contributed by atoms with Gasteiger partial charge in [0.25, 0.3) is 5.91 Å². The van der Waals surface area contributed by atoms with Gasteiger partial charge in [0.1, 0.15) is 11.3 Å². The topological polar surface area (TPSA) is 64.4 Å². The fourth-order valence-corrected chi connectivity index (χ4v) is 2.84. The maximum absolute atomic E-state index is 12.1. The van der Waals surface area contributed by atoms with Crippen LogP contribution in [-0.4, -0.2) is 17.5 Å². The molecule has 0 aliphatic rings. The number of para-hydroxylation sites is 2. The van der Waals surface area contributed by atoms with Crippen molar-refractivity contribution in [3.05, 3.63) is 77.9 Å². The van der Waals surface area contributed by atoms with Crippen LogP contribution in [0.4, 0.5) is 5.69 Å². The molecule has 0 spiro atoms. The summed E-state index contributed by atoms with van der Waals surface area (Å²) in [5.41, 5.74) is 5.43. The Bertz CT molecular complexity index is 1100. The zero-order valence-corrected chi connectivity index (χ0v) is 15.7. The second kappa shape index (κ2) is 7.56. The number of oxazole rings is 1. The van der Waals surface area contributed by atoms with E-state index in [2.05, 4.69) is 10.3 Å². The third-order valence-electron chi connectivity index (χ3n) is 4.56. The van der Waals surface area contributed by atoms with Crippen LogP contribution in [0.1, 0.15) is 11.1 Å². The zero-order valence-electron chi connectivity index (χ0n) is 15.7. The lowest BCUT2D eigenvalue weighted by molar-refractivity contribution is -0.118. The molecule has 3 aromatic carbocycles. The summed E-state index contributed by atoms with van der Waals surface area (Å²) in [5, 5.41) is 2.83. The minimum absolute atomic E-state index is 0.0462. The minimum atomic E-state index is -0.215. The Morgan fingerprint density at radius 1 is 1.00 bits per heavy atom. The lowest BCUT2D eigenvalue weighted by Crippen LogP contribution is -2.20. The Kier molecular flexibility index (Phi) is 4.81. The molecule has 1 heterocycles. The van der Waals surface area contributed by atoms with Gasteiger partial charge in [-0.15, -0.1) is 0 Å². The molecule has 5 nitrogen and oxygen atoms in total. The van der Waals surface area contributed by atoms with E-state index in [0.29, 0.717) is 17.3 Å². The van der Waals surface area contributed by atoms with Crippen LogP contribution in [-0.2, 0) is 4.79 Å². The van der Waals surface area contributed by atoms with Gasteiger partial charge in [0.05, 0.1) is 0 Å². The van der Waals surface area contributed by atoms with Crippen molar-refractivity contribution in [1.29, 1.82) is 0 Å². The lowest BCUT2D eigenvalue weighted by Gasteiger charge is -2.09. The van der Waals surface area contributed by atoms with Crippen molar-refractivity contribution in [3.63, 3.8) is 0 Å². The number of nitrogens with zero attached hydrogens (tertiary/aromatic N) is 1. The second-order valence-corrected chi connectivity index (χ2v) is 6.65. The highest BCUT2D eigenvalue weighted by atomic mass is 16.5. The maximum atomic E-state index is 12.1. The van der Waals surface area contributed by atoms with Gasteiger partial charge in [0.2, 0.25) is 5.89 Å². The van der Waals surface area contributed by atoms with Gasteiger partial charge in [-0.05, 0) is 73.5 Å². The molecular weight excluding hydrogens is 352 g/mol. The Morgan fingerprint density at radius 3 is 2.54 bits per heavy atom. The van der Waals surface area contributed by atoms with Crippen molar-refractivity contribution < 1.29 is 13.9 Å². The summed E-state index contributed by atoms with van der Waals surface area (Å²) < 4.78 is 11.3. The molecule has 0 fully saturated rings. The Hall–Kier alpha value is -3.60. The molecule has 1 N–H and O–H groups in total. The van der Waals surface area contributed by atoms with Crippen LogP contribution in [0.15, 0.2) is 71.1 Å². The summed E-state index contributed by atoms with van der Waals surface area (Å²) >= 11 is 0. The van der Waals surface area contributed by atoms with E-state index in [1.807, 2.05) is 80.6 Å². The van der Waals surface area contributed by atoms with Crippen LogP contribution in [0.2, 0.25) is 0 Å². The number of aryl methyl sites for hydroxylation is 2. The molecule has 140 valence electrons. The number of benzene rings is 3. The molecule has 28 heavy (non-hydrogen) atoms. The molecule has 0 atom stereocenters. The van der Waals surface area contributed by atoms with E-state index in [0.717, 1.165) is 22.2 Å². The monoisotopic (exact) mass is 372 g/mol. The summed E-state index contributed by atoms with van der Waals surface area (Å²) in [6, 6.07) is 20.8. The molecule has 1 aromatic heterocycles. The van der Waals surface area contributed by atoms with Gasteiger partial charge >= 0.3 is 0 Å². The molecular formula is C23H20N2O3. The number of ether oxygens (including phenoxy) is 1. The number of hydrogen-bond donors (Lipinski definition) is 1. The molecule has 0 saturated carbocycles. The third kappa shape index (κ3) is 3.88. The quantitative estimate of drug-likeness (QED) is 0.527. The summed E-state index contributed by atoms with van der Waals surface area (Å²) in [6.45, 7) is 4.01. The Labute approximate surface area is 163 Å². The van der Waals surface area contributed by atoms with Crippen molar-refractivity contribution in [1.82, 2.24) is 4.98 Å². The first-order chi connectivity index (χ1) is 13.6.